The molecule has 0 radical (unpaired) electrons. The zero-order chi connectivity index (χ0) is 23.5. The van der Waals surface area contributed by atoms with Gasteiger partial charge in [-0.1, -0.05) is 24.6 Å². The lowest BCUT2D eigenvalue weighted by Gasteiger charge is -2.31. The van der Waals surface area contributed by atoms with Crippen LogP contribution in [-0.2, 0) is 4.79 Å². The monoisotopic (exact) mass is 470 g/mol. The van der Waals surface area contributed by atoms with Gasteiger partial charge in [0.15, 0.2) is 0 Å². The molecule has 2 fully saturated rings. The van der Waals surface area contributed by atoms with E-state index in [0.717, 1.165) is 29.6 Å². The number of likely N-dealkylation sites (tertiary alicyclic amines) is 1. The predicted molar refractivity (Wildman–Crippen MR) is 131 cm³/mol. The topological polar surface area (TPSA) is 97.6 Å². The van der Waals surface area contributed by atoms with Crippen LogP contribution in [0.25, 0.3) is 5.52 Å². The van der Waals surface area contributed by atoms with Crippen molar-refractivity contribution in [1.82, 2.24) is 14.5 Å². The van der Waals surface area contributed by atoms with Gasteiger partial charge in [-0.2, -0.15) is 10.2 Å². The zero-order valence-corrected chi connectivity index (χ0v) is 20.0. The number of nitrogens with two attached hydrogens (primary N) is 1. The van der Waals surface area contributed by atoms with Crippen molar-refractivity contribution in [2.45, 2.75) is 58.1 Å². The van der Waals surface area contributed by atoms with E-state index in [2.05, 4.69) is 23.7 Å². The summed E-state index contributed by atoms with van der Waals surface area (Å²) in [6.07, 6.45) is 10.1. The van der Waals surface area contributed by atoms with Gasteiger partial charge in [0.05, 0.1) is 29.1 Å². The number of hydrogen-bond donors (Lipinski definition) is 1. The van der Waals surface area contributed by atoms with E-state index in [1.807, 2.05) is 19.2 Å². The number of aromatic nitrogens is 2. The maximum Gasteiger partial charge on any atom is 0.245 e. The number of aliphatic imine (C=N–C) groups is 1. The highest BCUT2D eigenvalue weighted by Crippen LogP contribution is 2.35. The summed E-state index contributed by atoms with van der Waals surface area (Å²) in [5, 5.41) is 8.97. The molecule has 176 valence electrons. The zero-order valence-electron chi connectivity index (χ0n) is 19.2. The Kier molecular flexibility index (Phi) is 7.02. The number of carbonyl (C=O) groups excluding carboxylic acids is 1. The van der Waals surface area contributed by atoms with Crippen LogP contribution in [0.2, 0.25) is 5.02 Å². The van der Waals surface area contributed by atoms with Gasteiger partial charge >= 0.3 is 0 Å². The fourth-order valence-corrected chi connectivity index (χ4v) is 4.75. The predicted octanol–water partition coefficient (Wildman–Crippen LogP) is 3.86. The number of piperidine rings is 1. The van der Waals surface area contributed by atoms with E-state index < -0.39 is 0 Å². The lowest BCUT2D eigenvalue weighted by Crippen LogP contribution is -2.39. The van der Waals surface area contributed by atoms with Crippen LogP contribution in [0.1, 0.15) is 51.5 Å². The minimum atomic E-state index is -0.0341. The van der Waals surface area contributed by atoms with Crippen molar-refractivity contribution >= 4 is 34.4 Å². The summed E-state index contributed by atoms with van der Waals surface area (Å²) < 4.78 is 8.06. The van der Waals surface area contributed by atoms with Crippen LogP contribution in [-0.4, -0.2) is 57.1 Å². The van der Waals surface area contributed by atoms with Gasteiger partial charge in [-0.05, 0) is 57.6 Å². The summed E-state index contributed by atoms with van der Waals surface area (Å²) in [4.78, 5) is 18.5. The summed E-state index contributed by atoms with van der Waals surface area (Å²) >= 11 is 6.41. The van der Waals surface area contributed by atoms with E-state index in [-0.39, 0.29) is 18.1 Å². The number of hydrazone groups is 1. The Morgan fingerprint density at radius 1 is 1.36 bits per heavy atom. The summed E-state index contributed by atoms with van der Waals surface area (Å²) in [5.41, 5.74) is 2.81. The molecule has 0 aromatic carbocycles. The van der Waals surface area contributed by atoms with Crippen molar-refractivity contribution in [2.75, 3.05) is 13.1 Å². The molecule has 9 heteroatoms. The van der Waals surface area contributed by atoms with Gasteiger partial charge in [0.1, 0.15) is 17.0 Å². The number of fused-ring (bicyclic) bond motifs is 1. The molecule has 1 amide bonds. The third-order valence-electron chi connectivity index (χ3n) is 6.73. The van der Waals surface area contributed by atoms with E-state index in [0.29, 0.717) is 35.5 Å². The van der Waals surface area contributed by atoms with Gasteiger partial charge in [-0.3, -0.25) is 9.79 Å². The molecule has 0 spiro atoms. The van der Waals surface area contributed by atoms with Crippen LogP contribution in [0.4, 0.5) is 0 Å². The Balaban J connectivity index is 1.58. The molecular formula is C24H31ClN6O2. The number of halogens is 1. The van der Waals surface area contributed by atoms with Gasteiger partial charge in [0.2, 0.25) is 5.91 Å². The van der Waals surface area contributed by atoms with E-state index in [9.17, 15) is 4.79 Å². The first-order chi connectivity index (χ1) is 15.9. The fraction of sp³-hybridized carbons (Fsp3) is 0.500. The van der Waals surface area contributed by atoms with E-state index in [1.54, 1.807) is 15.6 Å². The summed E-state index contributed by atoms with van der Waals surface area (Å²) in [6.45, 7) is 8.90. The molecule has 3 heterocycles. The van der Waals surface area contributed by atoms with Crippen molar-refractivity contribution < 1.29 is 9.53 Å². The van der Waals surface area contributed by atoms with Crippen molar-refractivity contribution in [3.63, 3.8) is 0 Å². The Bertz CT molecular complexity index is 1100. The normalized spacial score (nSPS) is 19.4. The Labute approximate surface area is 199 Å². The minimum absolute atomic E-state index is 0.0341. The molecule has 2 N–H and O–H groups in total. The van der Waals surface area contributed by atoms with Gasteiger partial charge in [-0.25, -0.2) is 4.52 Å². The smallest absolute Gasteiger partial charge is 0.245 e. The van der Waals surface area contributed by atoms with Crippen LogP contribution >= 0.6 is 11.6 Å². The average Bonchev–Trinajstić information content (AvgIpc) is 3.14. The van der Waals surface area contributed by atoms with Crippen LogP contribution < -0.4 is 10.6 Å². The molecule has 1 atom stereocenters. The molecule has 1 saturated heterocycles. The molecule has 33 heavy (non-hydrogen) atoms. The second kappa shape index (κ2) is 9.95. The number of nitrogens with zero attached hydrogens (tertiary/aromatic N) is 5. The third-order valence-corrected chi connectivity index (χ3v) is 7.01. The SMILES string of the molecule is C=CC(=O)N1CCC(N=C(C)/C(=N\N)c2cc(OC(C)C3CCC3)c3c(Cl)cnn3c2)CC1. The number of ether oxygens (including phenoxy) is 1. The quantitative estimate of drug-likeness (QED) is 0.287. The molecule has 1 aliphatic heterocycles. The molecule has 8 nitrogen and oxygen atoms in total. The maximum atomic E-state index is 11.8. The fourth-order valence-electron chi connectivity index (χ4n) is 4.53. The van der Waals surface area contributed by atoms with E-state index >= 15 is 0 Å². The molecule has 2 aliphatic rings. The van der Waals surface area contributed by atoms with Crippen molar-refractivity contribution in [3.05, 3.63) is 41.7 Å². The van der Waals surface area contributed by atoms with E-state index in [1.165, 1.54) is 25.3 Å². The number of pyridine rings is 1. The maximum absolute atomic E-state index is 11.8. The van der Waals surface area contributed by atoms with Crippen molar-refractivity contribution in [3.8, 4) is 5.75 Å². The first-order valence-electron chi connectivity index (χ1n) is 11.5. The van der Waals surface area contributed by atoms with Crippen LogP contribution in [0.15, 0.2) is 41.2 Å². The molecule has 1 saturated carbocycles. The number of amides is 1. The number of carbonyl (C=O) groups is 1. The number of rotatable bonds is 7. The van der Waals surface area contributed by atoms with Crippen LogP contribution in [0, 0.1) is 5.92 Å². The molecule has 1 unspecified atom stereocenters. The first kappa shape index (κ1) is 23.3. The third kappa shape index (κ3) is 4.90. The Morgan fingerprint density at radius 3 is 2.70 bits per heavy atom. The lowest BCUT2D eigenvalue weighted by atomic mass is 9.82. The van der Waals surface area contributed by atoms with Gasteiger partial charge in [0.25, 0.3) is 0 Å². The van der Waals surface area contributed by atoms with E-state index in [4.69, 9.17) is 27.2 Å². The second-order valence-corrected chi connectivity index (χ2v) is 9.25. The Morgan fingerprint density at radius 2 is 2.09 bits per heavy atom. The summed E-state index contributed by atoms with van der Waals surface area (Å²) in [5.74, 6) is 7.00. The minimum Gasteiger partial charge on any atom is -0.488 e. The highest BCUT2D eigenvalue weighted by molar-refractivity contribution is 6.47. The first-order valence-corrected chi connectivity index (χ1v) is 11.9. The Hall–Kier alpha value is -2.87. The standard InChI is InChI=1S/C24H31ClN6O2/c1-4-22(32)30-10-8-19(9-11-30)28-15(2)23(29-26)18-12-21(33-16(3)17-6-5-7-17)24-20(25)13-27-31(24)14-18/h4,12-14,16-17,19H,1,5-11,26H2,2-3H3/b28-15?,29-23+. The largest absolute Gasteiger partial charge is 0.488 e. The molecule has 2 aromatic heterocycles. The molecule has 4 rings (SSSR count). The van der Waals surface area contributed by atoms with Crippen molar-refractivity contribution in [2.24, 2.45) is 21.9 Å². The molecular weight excluding hydrogens is 440 g/mol. The van der Waals surface area contributed by atoms with Gasteiger partial charge < -0.3 is 15.5 Å². The van der Waals surface area contributed by atoms with Crippen LogP contribution in [0.5, 0.6) is 5.75 Å². The lowest BCUT2D eigenvalue weighted by molar-refractivity contribution is -0.126. The molecule has 0 bridgehead atoms. The molecule has 1 aliphatic carbocycles. The van der Waals surface area contributed by atoms with Crippen molar-refractivity contribution in [1.29, 1.82) is 0 Å². The number of hydrogen-bond acceptors (Lipinski definition) is 6. The van der Waals surface area contributed by atoms with Gasteiger partial charge in [-0.15, -0.1) is 0 Å². The average molecular weight is 471 g/mol. The van der Waals surface area contributed by atoms with Crippen LogP contribution in [0.3, 0.4) is 0 Å². The molecule has 2 aromatic rings. The summed E-state index contributed by atoms with van der Waals surface area (Å²) in [7, 11) is 0. The summed E-state index contributed by atoms with van der Waals surface area (Å²) in [6, 6.07) is 2.03. The highest BCUT2D eigenvalue weighted by atomic mass is 35.5. The van der Waals surface area contributed by atoms with Gasteiger partial charge in [0, 0.05) is 24.8 Å². The second-order valence-electron chi connectivity index (χ2n) is 8.85. The highest BCUT2D eigenvalue weighted by Gasteiger charge is 2.27.